The standard InChI is InChI=1S/C24H28N4O2/c1-17(25)20-6-9-22(26-16-20)24(30)28-14-10-19(11-15-28)23(29)18-4-7-21(8-5-18)27-12-2-3-13-27/h4-9,16,19,25H,2-3,10-15H2,1H3. The van der Waals surface area contributed by atoms with E-state index in [4.69, 9.17) is 5.41 Å². The summed E-state index contributed by atoms with van der Waals surface area (Å²) in [6.45, 7) is 5.01. The molecule has 2 fully saturated rings. The highest BCUT2D eigenvalue weighted by atomic mass is 16.2. The normalized spacial score (nSPS) is 17.2. The van der Waals surface area contributed by atoms with Crippen molar-refractivity contribution < 1.29 is 9.59 Å². The van der Waals surface area contributed by atoms with Gasteiger partial charge in [0.15, 0.2) is 5.78 Å². The molecule has 0 atom stereocenters. The van der Waals surface area contributed by atoms with Crippen molar-refractivity contribution in [2.24, 2.45) is 5.92 Å². The number of nitrogens with one attached hydrogen (secondary N) is 1. The van der Waals surface area contributed by atoms with Gasteiger partial charge in [0.2, 0.25) is 0 Å². The Balaban J connectivity index is 1.33. The summed E-state index contributed by atoms with van der Waals surface area (Å²) in [7, 11) is 0. The van der Waals surface area contributed by atoms with Crippen LogP contribution >= 0.6 is 0 Å². The van der Waals surface area contributed by atoms with E-state index >= 15 is 0 Å². The number of carbonyl (C=O) groups excluding carboxylic acids is 2. The van der Waals surface area contributed by atoms with Crippen molar-refractivity contribution >= 4 is 23.1 Å². The first kappa shape index (κ1) is 20.3. The first-order valence-corrected chi connectivity index (χ1v) is 10.7. The topological polar surface area (TPSA) is 77.4 Å². The third-order valence-electron chi connectivity index (χ3n) is 6.19. The first-order valence-electron chi connectivity index (χ1n) is 10.7. The fourth-order valence-corrected chi connectivity index (χ4v) is 4.30. The minimum Gasteiger partial charge on any atom is -0.372 e. The summed E-state index contributed by atoms with van der Waals surface area (Å²) < 4.78 is 0. The second-order valence-corrected chi connectivity index (χ2v) is 8.23. The van der Waals surface area contributed by atoms with E-state index in [1.165, 1.54) is 18.5 Å². The van der Waals surface area contributed by atoms with Gasteiger partial charge in [-0.1, -0.05) is 0 Å². The largest absolute Gasteiger partial charge is 0.372 e. The zero-order valence-electron chi connectivity index (χ0n) is 17.4. The van der Waals surface area contributed by atoms with Gasteiger partial charge in [0.1, 0.15) is 5.69 Å². The molecule has 6 heteroatoms. The molecule has 156 valence electrons. The van der Waals surface area contributed by atoms with Crippen molar-refractivity contribution in [3.63, 3.8) is 0 Å². The third kappa shape index (κ3) is 4.27. The minimum absolute atomic E-state index is 0.0393. The number of Topliss-reactive ketones (excluding diaryl/α,β-unsaturated/α-hetero) is 1. The number of amides is 1. The van der Waals surface area contributed by atoms with E-state index in [1.54, 1.807) is 30.2 Å². The molecule has 2 aromatic rings. The summed E-state index contributed by atoms with van der Waals surface area (Å²) in [5.74, 6) is 0.0339. The molecule has 6 nitrogen and oxygen atoms in total. The molecule has 1 amide bonds. The van der Waals surface area contributed by atoms with Gasteiger partial charge in [0, 0.05) is 60.8 Å². The van der Waals surface area contributed by atoms with Crippen molar-refractivity contribution in [1.29, 1.82) is 5.41 Å². The van der Waals surface area contributed by atoms with Gasteiger partial charge in [-0.15, -0.1) is 0 Å². The van der Waals surface area contributed by atoms with Gasteiger partial charge in [-0.05, 0) is 69.0 Å². The highest BCUT2D eigenvalue weighted by molar-refractivity contribution is 5.99. The molecule has 1 N–H and O–H groups in total. The molecule has 0 saturated carbocycles. The maximum Gasteiger partial charge on any atom is 0.272 e. The predicted molar refractivity (Wildman–Crippen MR) is 118 cm³/mol. The van der Waals surface area contributed by atoms with Gasteiger partial charge < -0.3 is 15.2 Å². The Hall–Kier alpha value is -3.02. The number of nitrogens with zero attached hydrogens (tertiary/aromatic N) is 3. The highest BCUT2D eigenvalue weighted by Gasteiger charge is 2.29. The maximum absolute atomic E-state index is 12.9. The Kier molecular flexibility index (Phi) is 5.93. The van der Waals surface area contributed by atoms with E-state index in [9.17, 15) is 9.59 Å². The number of carbonyl (C=O) groups is 2. The first-order chi connectivity index (χ1) is 14.5. The van der Waals surface area contributed by atoms with Gasteiger partial charge in [-0.25, -0.2) is 0 Å². The number of likely N-dealkylation sites (tertiary alicyclic amines) is 1. The van der Waals surface area contributed by atoms with E-state index in [-0.39, 0.29) is 17.6 Å². The molecule has 3 heterocycles. The SMILES string of the molecule is CC(=N)c1ccc(C(=O)N2CCC(C(=O)c3ccc(N4CCCC4)cc3)CC2)nc1. The number of piperidine rings is 1. The summed E-state index contributed by atoms with van der Waals surface area (Å²) in [5, 5.41) is 7.63. The van der Waals surface area contributed by atoms with Crippen molar-refractivity contribution in [3.8, 4) is 0 Å². The molecule has 0 spiro atoms. The van der Waals surface area contributed by atoms with Crippen LogP contribution in [0, 0.1) is 11.3 Å². The minimum atomic E-state index is -0.106. The molecule has 2 aliphatic heterocycles. The van der Waals surface area contributed by atoms with Crippen LogP contribution in [0.25, 0.3) is 0 Å². The van der Waals surface area contributed by atoms with E-state index in [0.29, 0.717) is 42.9 Å². The number of aromatic nitrogens is 1. The van der Waals surface area contributed by atoms with Crippen LogP contribution in [0.1, 0.15) is 59.0 Å². The molecule has 4 rings (SSSR count). The van der Waals surface area contributed by atoms with Crippen LogP contribution < -0.4 is 4.90 Å². The lowest BCUT2D eigenvalue weighted by molar-refractivity contribution is 0.0645. The van der Waals surface area contributed by atoms with Gasteiger partial charge in [-0.2, -0.15) is 0 Å². The average molecular weight is 405 g/mol. The van der Waals surface area contributed by atoms with Crippen LogP contribution in [-0.2, 0) is 0 Å². The lowest BCUT2D eigenvalue weighted by Gasteiger charge is -2.31. The lowest BCUT2D eigenvalue weighted by atomic mass is 9.88. The predicted octanol–water partition coefficient (Wildman–Crippen LogP) is 3.80. The van der Waals surface area contributed by atoms with Crippen LogP contribution in [0.5, 0.6) is 0 Å². The number of hydrogen-bond donors (Lipinski definition) is 1. The fourth-order valence-electron chi connectivity index (χ4n) is 4.30. The van der Waals surface area contributed by atoms with Crippen molar-refractivity contribution in [2.45, 2.75) is 32.6 Å². The average Bonchev–Trinajstić information content (AvgIpc) is 3.33. The number of rotatable bonds is 5. The number of benzene rings is 1. The summed E-state index contributed by atoms with van der Waals surface area (Å²) in [5.41, 5.74) is 3.49. The van der Waals surface area contributed by atoms with Gasteiger partial charge in [0.25, 0.3) is 5.91 Å². The van der Waals surface area contributed by atoms with E-state index in [2.05, 4.69) is 22.0 Å². The zero-order valence-corrected chi connectivity index (χ0v) is 17.4. The number of pyridine rings is 1. The summed E-state index contributed by atoms with van der Waals surface area (Å²) >= 11 is 0. The highest BCUT2D eigenvalue weighted by Crippen LogP contribution is 2.25. The molecule has 0 unspecified atom stereocenters. The van der Waals surface area contributed by atoms with Gasteiger partial charge >= 0.3 is 0 Å². The molecule has 1 aromatic heterocycles. The molecule has 0 bridgehead atoms. The smallest absolute Gasteiger partial charge is 0.272 e. The van der Waals surface area contributed by atoms with E-state index < -0.39 is 0 Å². The molecule has 2 aliphatic rings. The van der Waals surface area contributed by atoms with E-state index in [0.717, 1.165) is 18.7 Å². The maximum atomic E-state index is 12.9. The van der Waals surface area contributed by atoms with Gasteiger partial charge in [0.05, 0.1) is 0 Å². The Bertz CT molecular complexity index is 923. The number of hydrogen-bond acceptors (Lipinski definition) is 5. The number of anilines is 1. The Morgan fingerprint density at radius 2 is 1.57 bits per heavy atom. The molecular formula is C24H28N4O2. The lowest BCUT2D eigenvalue weighted by Crippen LogP contribution is -2.40. The second-order valence-electron chi connectivity index (χ2n) is 8.23. The Labute approximate surface area is 177 Å². The van der Waals surface area contributed by atoms with Crippen molar-refractivity contribution in [3.05, 3.63) is 59.4 Å². The van der Waals surface area contributed by atoms with Crippen LogP contribution in [0.15, 0.2) is 42.6 Å². The molecular weight excluding hydrogens is 376 g/mol. The number of ketones is 1. The second kappa shape index (κ2) is 8.78. The monoisotopic (exact) mass is 404 g/mol. The third-order valence-corrected chi connectivity index (χ3v) is 6.19. The fraction of sp³-hybridized carbons (Fsp3) is 0.417. The summed E-state index contributed by atoms with van der Waals surface area (Å²) in [6, 6.07) is 11.4. The van der Waals surface area contributed by atoms with E-state index in [1.807, 2.05) is 12.1 Å². The van der Waals surface area contributed by atoms with Crippen LogP contribution in [0.3, 0.4) is 0 Å². The molecule has 1 aromatic carbocycles. The molecule has 30 heavy (non-hydrogen) atoms. The molecule has 0 aliphatic carbocycles. The molecule has 2 saturated heterocycles. The van der Waals surface area contributed by atoms with Crippen LogP contribution in [0.2, 0.25) is 0 Å². The Morgan fingerprint density at radius 1 is 0.933 bits per heavy atom. The van der Waals surface area contributed by atoms with Gasteiger partial charge in [-0.3, -0.25) is 14.6 Å². The molecule has 0 radical (unpaired) electrons. The zero-order chi connectivity index (χ0) is 21.1. The summed E-state index contributed by atoms with van der Waals surface area (Å²) in [4.78, 5) is 34.0. The van der Waals surface area contributed by atoms with Crippen molar-refractivity contribution in [1.82, 2.24) is 9.88 Å². The quantitative estimate of drug-likeness (QED) is 0.607. The summed E-state index contributed by atoms with van der Waals surface area (Å²) in [6.07, 6.45) is 5.39. The van der Waals surface area contributed by atoms with Crippen LogP contribution in [0.4, 0.5) is 5.69 Å². The Morgan fingerprint density at radius 3 is 2.13 bits per heavy atom. The van der Waals surface area contributed by atoms with Crippen molar-refractivity contribution in [2.75, 3.05) is 31.1 Å². The van der Waals surface area contributed by atoms with Crippen LogP contribution in [-0.4, -0.2) is 53.5 Å².